The van der Waals surface area contributed by atoms with Crippen LogP contribution in [-0.2, 0) is 6.54 Å². The minimum atomic E-state index is -4.27. The second-order valence-electron chi connectivity index (χ2n) is 2.95. The molecule has 1 heterocycles. The summed E-state index contributed by atoms with van der Waals surface area (Å²) < 4.78 is 35.4. The van der Waals surface area contributed by atoms with Crippen molar-refractivity contribution < 1.29 is 18.0 Å². The number of aromatic nitrogens is 1. The van der Waals surface area contributed by atoms with Crippen molar-refractivity contribution in [2.75, 3.05) is 6.54 Å². The van der Waals surface area contributed by atoms with Crippen LogP contribution in [0, 0.1) is 0 Å². The average Bonchev–Trinajstić information content (AvgIpc) is 2.63. The summed E-state index contributed by atoms with van der Waals surface area (Å²) in [6.07, 6.45) is -5.32. The van der Waals surface area contributed by atoms with E-state index in [1.54, 1.807) is 0 Å². The first-order chi connectivity index (χ1) is 7.42. The van der Waals surface area contributed by atoms with Crippen molar-refractivity contribution in [1.82, 2.24) is 10.3 Å². The molecule has 0 aliphatic heterocycles. The van der Waals surface area contributed by atoms with E-state index >= 15 is 0 Å². The zero-order valence-electron chi connectivity index (χ0n) is 8.17. The minimum Gasteiger partial charge on any atom is -0.350 e. The van der Waals surface area contributed by atoms with E-state index < -0.39 is 25.0 Å². The van der Waals surface area contributed by atoms with Gasteiger partial charge in [0, 0.05) is 18.5 Å². The molecule has 0 unspecified atom stereocenters. The fraction of sp³-hybridized carbons (Fsp3) is 0.500. The predicted octanol–water partition coefficient (Wildman–Crippen LogP) is 1.28. The number of thiazole rings is 1. The molecule has 16 heavy (non-hydrogen) atoms. The zero-order valence-corrected chi connectivity index (χ0v) is 8.99. The van der Waals surface area contributed by atoms with Crippen molar-refractivity contribution in [2.24, 2.45) is 5.73 Å². The van der Waals surface area contributed by atoms with Crippen LogP contribution in [0.5, 0.6) is 0 Å². The molecule has 4 nitrogen and oxygen atoms in total. The molecule has 0 atom stereocenters. The summed E-state index contributed by atoms with van der Waals surface area (Å²) in [6, 6.07) is 0. The maximum atomic E-state index is 11.8. The third-order valence-electron chi connectivity index (χ3n) is 1.65. The first kappa shape index (κ1) is 12.9. The van der Waals surface area contributed by atoms with Crippen LogP contribution in [0.25, 0.3) is 0 Å². The number of nitrogens with one attached hydrogen (secondary N) is 1. The number of alkyl halides is 3. The SMILES string of the molecule is NCc1nc(C(=O)NCCC(F)(F)F)cs1. The number of rotatable bonds is 4. The predicted molar refractivity (Wildman–Crippen MR) is 53.0 cm³/mol. The number of carbonyl (C=O) groups is 1. The Labute approximate surface area is 93.7 Å². The topological polar surface area (TPSA) is 68.0 Å². The van der Waals surface area contributed by atoms with Crippen molar-refractivity contribution in [2.45, 2.75) is 19.1 Å². The maximum absolute atomic E-state index is 11.8. The summed E-state index contributed by atoms with van der Waals surface area (Å²) in [5, 5.41) is 4.17. The van der Waals surface area contributed by atoms with E-state index in [9.17, 15) is 18.0 Å². The summed E-state index contributed by atoms with van der Waals surface area (Å²) in [6.45, 7) is -0.238. The molecule has 0 saturated carbocycles. The van der Waals surface area contributed by atoms with Gasteiger partial charge < -0.3 is 11.1 Å². The van der Waals surface area contributed by atoms with Crippen LogP contribution in [0.15, 0.2) is 5.38 Å². The molecule has 0 aromatic carbocycles. The lowest BCUT2D eigenvalue weighted by Crippen LogP contribution is -2.28. The Kier molecular flexibility index (Phi) is 4.25. The molecule has 90 valence electrons. The molecule has 0 aliphatic rings. The van der Waals surface area contributed by atoms with Crippen LogP contribution in [-0.4, -0.2) is 23.6 Å². The van der Waals surface area contributed by atoms with Crippen molar-refractivity contribution >= 4 is 17.2 Å². The van der Waals surface area contributed by atoms with Gasteiger partial charge in [-0.3, -0.25) is 4.79 Å². The Morgan fingerprint density at radius 1 is 1.56 bits per heavy atom. The van der Waals surface area contributed by atoms with Crippen LogP contribution in [0.1, 0.15) is 21.9 Å². The molecule has 0 saturated heterocycles. The molecule has 1 aromatic heterocycles. The highest BCUT2D eigenvalue weighted by Crippen LogP contribution is 2.18. The van der Waals surface area contributed by atoms with Gasteiger partial charge in [0.15, 0.2) is 0 Å². The van der Waals surface area contributed by atoms with Crippen LogP contribution < -0.4 is 11.1 Å². The van der Waals surface area contributed by atoms with Crippen LogP contribution >= 0.6 is 11.3 Å². The first-order valence-corrected chi connectivity index (χ1v) is 5.30. The van der Waals surface area contributed by atoms with Gasteiger partial charge in [-0.05, 0) is 0 Å². The molecule has 3 N–H and O–H groups in total. The van der Waals surface area contributed by atoms with E-state index in [4.69, 9.17) is 5.73 Å². The molecule has 0 radical (unpaired) electrons. The maximum Gasteiger partial charge on any atom is 0.390 e. The second-order valence-corrected chi connectivity index (χ2v) is 3.89. The Morgan fingerprint density at radius 2 is 2.25 bits per heavy atom. The molecule has 1 rings (SSSR count). The van der Waals surface area contributed by atoms with Gasteiger partial charge in [-0.1, -0.05) is 0 Å². The van der Waals surface area contributed by atoms with E-state index in [1.807, 2.05) is 0 Å². The van der Waals surface area contributed by atoms with E-state index in [0.29, 0.717) is 5.01 Å². The van der Waals surface area contributed by atoms with Gasteiger partial charge in [-0.25, -0.2) is 4.98 Å². The van der Waals surface area contributed by atoms with Crippen molar-refractivity contribution in [3.8, 4) is 0 Å². The molecule has 0 aliphatic carbocycles. The van der Waals surface area contributed by atoms with Gasteiger partial charge in [0.2, 0.25) is 0 Å². The Bertz CT molecular complexity index is 364. The third kappa shape index (κ3) is 4.15. The monoisotopic (exact) mass is 253 g/mol. The summed E-state index contributed by atoms with van der Waals surface area (Å²) in [7, 11) is 0. The smallest absolute Gasteiger partial charge is 0.350 e. The molecule has 0 fully saturated rings. The zero-order chi connectivity index (χ0) is 12.2. The highest BCUT2D eigenvalue weighted by Gasteiger charge is 2.26. The van der Waals surface area contributed by atoms with Crippen molar-refractivity contribution in [1.29, 1.82) is 0 Å². The third-order valence-corrected chi connectivity index (χ3v) is 2.52. The van der Waals surface area contributed by atoms with E-state index in [-0.39, 0.29) is 12.2 Å². The minimum absolute atomic E-state index is 0.104. The summed E-state index contributed by atoms with van der Waals surface area (Å²) in [5.74, 6) is -0.611. The van der Waals surface area contributed by atoms with Crippen LogP contribution in [0.3, 0.4) is 0 Å². The fourth-order valence-electron chi connectivity index (χ4n) is 0.917. The van der Waals surface area contributed by atoms with Gasteiger partial charge in [0.25, 0.3) is 5.91 Å². The largest absolute Gasteiger partial charge is 0.390 e. The van der Waals surface area contributed by atoms with Crippen molar-refractivity contribution in [3.05, 3.63) is 16.1 Å². The highest BCUT2D eigenvalue weighted by atomic mass is 32.1. The van der Waals surface area contributed by atoms with Gasteiger partial charge in [-0.15, -0.1) is 11.3 Å². The highest BCUT2D eigenvalue weighted by molar-refractivity contribution is 7.09. The molecule has 1 aromatic rings. The number of amides is 1. The molecular weight excluding hydrogens is 243 g/mol. The van der Waals surface area contributed by atoms with Gasteiger partial charge in [-0.2, -0.15) is 13.2 Å². The van der Waals surface area contributed by atoms with Gasteiger partial charge in [0.05, 0.1) is 6.42 Å². The van der Waals surface area contributed by atoms with Gasteiger partial charge >= 0.3 is 6.18 Å². The van der Waals surface area contributed by atoms with Gasteiger partial charge in [0.1, 0.15) is 10.7 Å². The second kappa shape index (κ2) is 5.26. The number of nitrogens with zero attached hydrogens (tertiary/aromatic N) is 1. The molecule has 8 heteroatoms. The number of carbonyl (C=O) groups excluding carboxylic acids is 1. The molecule has 1 amide bonds. The number of hydrogen-bond acceptors (Lipinski definition) is 4. The van der Waals surface area contributed by atoms with Crippen molar-refractivity contribution in [3.63, 3.8) is 0 Å². The quantitative estimate of drug-likeness (QED) is 0.849. The first-order valence-electron chi connectivity index (χ1n) is 4.42. The van der Waals surface area contributed by atoms with Crippen LogP contribution in [0.2, 0.25) is 0 Å². The lowest BCUT2D eigenvalue weighted by Gasteiger charge is -2.06. The number of nitrogens with two attached hydrogens (primary N) is 1. The Morgan fingerprint density at radius 3 is 2.75 bits per heavy atom. The summed E-state index contributed by atoms with van der Waals surface area (Å²) >= 11 is 1.20. The van der Waals surface area contributed by atoms with E-state index in [1.165, 1.54) is 16.7 Å². The molecular formula is C8H10F3N3OS. The normalized spacial score (nSPS) is 11.5. The average molecular weight is 253 g/mol. The number of halogens is 3. The fourth-order valence-corrected chi connectivity index (χ4v) is 1.57. The Hall–Kier alpha value is -1.15. The Balaban J connectivity index is 2.41. The standard InChI is InChI=1S/C8H10F3N3OS/c9-8(10,11)1-2-13-7(15)5-4-16-6(3-12)14-5/h4H,1-3,12H2,(H,13,15). The van der Waals surface area contributed by atoms with E-state index in [0.717, 1.165) is 0 Å². The molecule has 0 spiro atoms. The lowest BCUT2D eigenvalue weighted by molar-refractivity contribution is -0.132. The number of hydrogen-bond donors (Lipinski definition) is 2. The summed E-state index contributed by atoms with van der Waals surface area (Å²) in [5.41, 5.74) is 5.39. The molecule has 0 bridgehead atoms. The summed E-state index contributed by atoms with van der Waals surface area (Å²) in [4.78, 5) is 15.1. The van der Waals surface area contributed by atoms with E-state index in [2.05, 4.69) is 10.3 Å². The lowest BCUT2D eigenvalue weighted by atomic mass is 10.4. The van der Waals surface area contributed by atoms with Crippen LogP contribution in [0.4, 0.5) is 13.2 Å².